The number of ether oxygens (including phenoxy) is 1. The SMILES string of the molecule is CC(C)N1CCN(C(=O)c2ccc3[nH]cc(CN4CCOCC4)c3c2)CC1. The maximum Gasteiger partial charge on any atom is 0.253 e. The number of piperazine rings is 1. The van der Waals surface area contributed by atoms with Crippen molar-refractivity contribution in [3.63, 3.8) is 0 Å². The Morgan fingerprint density at radius 3 is 2.56 bits per heavy atom. The highest BCUT2D eigenvalue weighted by Crippen LogP contribution is 2.23. The minimum absolute atomic E-state index is 0.152. The van der Waals surface area contributed by atoms with Gasteiger partial charge in [0.25, 0.3) is 5.91 Å². The molecule has 0 spiro atoms. The summed E-state index contributed by atoms with van der Waals surface area (Å²) in [6.07, 6.45) is 2.08. The molecule has 27 heavy (non-hydrogen) atoms. The van der Waals surface area contributed by atoms with E-state index in [1.54, 1.807) is 0 Å². The largest absolute Gasteiger partial charge is 0.379 e. The number of fused-ring (bicyclic) bond motifs is 1. The Morgan fingerprint density at radius 2 is 1.85 bits per heavy atom. The minimum Gasteiger partial charge on any atom is -0.379 e. The fourth-order valence-corrected chi connectivity index (χ4v) is 4.07. The molecule has 2 aliphatic rings. The third-order valence-corrected chi connectivity index (χ3v) is 5.84. The van der Waals surface area contributed by atoms with Gasteiger partial charge < -0.3 is 14.6 Å². The maximum absolute atomic E-state index is 13.0. The van der Waals surface area contributed by atoms with Crippen molar-refractivity contribution in [3.05, 3.63) is 35.5 Å². The van der Waals surface area contributed by atoms with Crippen LogP contribution in [0, 0.1) is 0 Å². The molecule has 4 rings (SSSR count). The van der Waals surface area contributed by atoms with Crippen molar-refractivity contribution < 1.29 is 9.53 Å². The van der Waals surface area contributed by atoms with Crippen LogP contribution in [0.2, 0.25) is 0 Å². The van der Waals surface area contributed by atoms with Gasteiger partial charge in [-0.3, -0.25) is 14.6 Å². The van der Waals surface area contributed by atoms with E-state index in [4.69, 9.17) is 4.74 Å². The van der Waals surface area contributed by atoms with Crippen LogP contribution in [-0.2, 0) is 11.3 Å². The second-order valence-corrected chi connectivity index (χ2v) is 7.88. The van der Waals surface area contributed by atoms with Crippen LogP contribution in [-0.4, -0.2) is 84.1 Å². The van der Waals surface area contributed by atoms with Crippen LogP contribution >= 0.6 is 0 Å². The Kier molecular flexibility index (Phi) is 5.48. The van der Waals surface area contributed by atoms with Crippen LogP contribution in [0.5, 0.6) is 0 Å². The number of amides is 1. The summed E-state index contributed by atoms with van der Waals surface area (Å²) >= 11 is 0. The maximum atomic E-state index is 13.0. The second-order valence-electron chi connectivity index (χ2n) is 7.88. The summed E-state index contributed by atoms with van der Waals surface area (Å²) in [4.78, 5) is 23.2. The summed E-state index contributed by atoms with van der Waals surface area (Å²) in [6, 6.07) is 6.60. The molecule has 2 aliphatic heterocycles. The van der Waals surface area contributed by atoms with E-state index in [1.807, 2.05) is 17.0 Å². The molecule has 0 radical (unpaired) electrons. The van der Waals surface area contributed by atoms with Gasteiger partial charge in [-0.05, 0) is 37.6 Å². The predicted octanol–water partition coefficient (Wildman–Crippen LogP) is 2.17. The van der Waals surface area contributed by atoms with E-state index in [0.29, 0.717) is 6.04 Å². The topological polar surface area (TPSA) is 51.8 Å². The van der Waals surface area contributed by atoms with Gasteiger partial charge in [-0.2, -0.15) is 0 Å². The number of hydrogen-bond acceptors (Lipinski definition) is 4. The van der Waals surface area contributed by atoms with Gasteiger partial charge >= 0.3 is 0 Å². The van der Waals surface area contributed by atoms with Gasteiger partial charge in [-0.25, -0.2) is 0 Å². The number of nitrogens with one attached hydrogen (secondary N) is 1. The third-order valence-electron chi connectivity index (χ3n) is 5.84. The lowest BCUT2D eigenvalue weighted by Gasteiger charge is -2.37. The molecule has 2 aromatic rings. The van der Waals surface area contributed by atoms with Crippen LogP contribution in [0.3, 0.4) is 0 Å². The number of carbonyl (C=O) groups is 1. The predicted molar refractivity (Wildman–Crippen MR) is 107 cm³/mol. The van der Waals surface area contributed by atoms with Gasteiger partial charge in [0.2, 0.25) is 0 Å². The van der Waals surface area contributed by atoms with E-state index in [0.717, 1.165) is 75.5 Å². The van der Waals surface area contributed by atoms with E-state index in [9.17, 15) is 4.79 Å². The standard InChI is InChI=1S/C21H30N4O2/c1-16(2)24-5-7-25(8-6-24)21(26)17-3-4-20-19(13-17)18(14-22-20)15-23-9-11-27-12-10-23/h3-4,13-14,16,22H,5-12,15H2,1-2H3. The van der Waals surface area contributed by atoms with Crippen molar-refractivity contribution in [2.45, 2.75) is 26.4 Å². The molecule has 1 aromatic heterocycles. The van der Waals surface area contributed by atoms with Gasteiger partial charge in [-0.1, -0.05) is 0 Å². The number of aromatic amines is 1. The van der Waals surface area contributed by atoms with Crippen LogP contribution in [0.4, 0.5) is 0 Å². The Bertz CT molecular complexity index is 787. The first-order valence-corrected chi connectivity index (χ1v) is 10.1. The zero-order valence-corrected chi connectivity index (χ0v) is 16.4. The van der Waals surface area contributed by atoms with Crippen LogP contribution in [0.15, 0.2) is 24.4 Å². The number of benzene rings is 1. The van der Waals surface area contributed by atoms with E-state index < -0.39 is 0 Å². The summed E-state index contributed by atoms with van der Waals surface area (Å²) in [6.45, 7) is 12.4. The molecule has 0 aliphatic carbocycles. The molecule has 6 nitrogen and oxygen atoms in total. The van der Waals surface area contributed by atoms with Gasteiger partial charge in [-0.15, -0.1) is 0 Å². The number of hydrogen-bond donors (Lipinski definition) is 1. The number of carbonyl (C=O) groups excluding carboxylic acids is 1. The molecular formula is C21H30N4O2. The highest BCUT2D eigenvalue weighted by molar-refractivity contribution is 5.98. The average Bonchev–Trinajstić information content (AvgIpc) is 3.10. The van der Waals surface area contributed by atoms with E-state index >= 15 is 0 Å². The molecule has 0 saturated carbocycles. The molecule has 146 valence electrons. The third kappa shape index (κ3) is 4.03. The highest BCUT2D eigenvalue weighted by Gasteiger charge is 2.24. The van der Waals surface area contributed by atoms with Gasteiger partial charge in [0.15, 0.2) is 0 Å². The number of rotatable bonds is 4. The quantitative estimate of drug-likeness (QED) is 0.896. The van der Waals surface area contributed by atoms with Crippen molar-refractivity contribution in [2.24, 2.45) is 0 Å². The summed E-state index contributed by atoms with van der Waals surface area (Å²) < 4.78 is 5.44. The molecule has 2 saturated heterocycles. The van der Waals surface area contributed by atoms with Gasteiger partial charge in [0.05, 0.1) is 13.2 Å². The molecule has 0 atom stereocenters. The smallest absolute Gasteiger partial charge is 0.253 e. The van der Waals surface area contributed by atoms with Crippen LogP contribution < -0.4 is 0 Å². The lowest BCUT2D eigenvalue weighted by atomic mass is 10.1. The number of nitrogens with zero attached hydrogens (tertiary/aromatic N) is 3. The van der Waals surface area contributed by atoms with E-state index in [2.05, 4.69) is 40.9 Å². The summed E-state index contributed by atoms with van der Waals surface area (Å²) in [7, 11) is 0. The number of aromatic nitrogens is 1. The zero-order valence-electron chi connectivity index (χ0n) is 16.4. The molecular weight excluding hydrogens is 340 g/mol. The van der Waals surface area contributed by atoms with Gasteiger partial charge in [0.1, 0.15) is 0 Å². The first kappa shape index (κ1) is 18.5. The van der Waals surface area contributed by atoms with Crippen molar-refractivity contribution in [3.8, 4) is 0 Å². The zero-order chi connectivity index (χ0) is 18.8. The summed E-state index contributed by atoms with van der Waals surface area (Å²) in [5.41, 5.74) is 3.15. The van der Waals surface area contributed by atoms with Gasteiger partial charge in [0, 0.05) is 74.5 Å². The minimum atomic E-state index is 0.152. The summed E-state index contributed by atoms with van der Waals surface area (Å²) in [5, 5.41) is 1.16. The van der Waals surface area contributed by atoms with Crippen molar-refractivity contribution >= 4 is 16.8 Å². The molecule has 0 unspecified atom stereocenters. The molecule has 6 heteroatoms. The lowest BCUT2D eigenvalue weighted by molar-refractivity contribution is 0.0343. The molecule has 1 aromatic carbocycles. The Hall–Kier alpha value is -1.89. The Morgan fingerprint density at radius 1 is 1.11 bits per heavy atom. The molecule has 0 bridgehead atoms. The van der Waals surface area contributed by atoms with Crippen molar-refractivity contribution in [1.29, 1.82) is 0 Å². The Labute approximate surface area is 161 Å². The molecule has 1 amide bonds. The Balaban J connectivity index is 1.49. The van der Waals surface area contributed by atoms with Crippen LogP contribution in [0.25, 0.3) is 10.9 Å². The number of morpholine rings is 1. The monoisotopic (exact) mass is 370 g/mol. The lowest BCUT2D eigenvalue weighted by Crippen LogP contribution is -2.50. The molecule has 3 heterocycles. The second kappa shape index (κ2) is 8.00. The van der Waals surface area contributed by atoms with E-state index in [1.165, 1.54) is 5.56 Å². The average molecular weight is 370 g/mol. The van der Waals surface area contributed by atoms with Crippen LogP contribution in [0.1, 0.15) is 29.8 Å². The van der Waals surface area contributed by atoms with E-state index in [-0.39, 0.29) is 5.91 Å². The first-order chi connectivity index (χ1) is 13.1. The molecule has 2 fully saturated rings. The van der Waals surface area contributed by atoms with Crippen molar-refractivity contribution in [1.82, 2.24) is 19.7 Å². The fraction of sp³-hybridized carbons (Fsp3) is 0.571. The molecule has 1 N–H and O–H groups in total. The summed E-state index contributed by atoms with van der Waals surface area (Å²) in [5.74, 6) is 0.152. The fourth-order valence-electron chi connectivity index (χ4n) is 4.07. The first-order valence-electron chi connectivity index (χ1n) is 10.1. The van der Waals surface area contributed by atoms with Crippen molar-refractivity contribution in [2.75, 3.05) is 52.5 Å². The normalized spacial score (nSPS) is 19.9. The highest BCUT2D eigenvalue weighted by atomic mass is 16.5. The number of H-pyrrole nitrogens is 1.